The van der Waals surface area contributed by atoms with Gasteiger partial charge >= 0.3 is 0 Å². The maximum atomic E-state index is 13.5. The van der Waals surface area contributed by atoms with E-state index in [-0.39, 0.29) is 23.6 Å². The minimum absolute atomic E-state index is 0.0282. The molecule has 0 N–H and O–H groups in total. The van der Waals surface area contributed by atoms with Crippen LogP contribution >= 0.6 is 0 Å². The van der Waals surface area contributed by atoms with E-state index < -0.39 is 6.67 Å². The second-order valence-corrected chi connectivity index (χ2v) is 5.98. The summed E-state index contributed by atoms with van der Waals surface area (Å²) in [7, 11) is 0. The molecule has 0 radical (unpaired) electrons. The van der Waals surface area contributed by atoms with E-state index in [0.717, 1.165) is 5.56 Å². The molecule has 1 amide bonds. The molecular weight excluding hydrogens is 296 g/mol. The number of benzene rings is 2. The number of nitrogens with zero attached hydrogens (tertiary/aromatic N) is 1. The second kappa shape index (κ2) is 6.90. The van der Waals surface area contributed by atoms with Gasteiger partial charge in [0.2, 0.25) is 0 Å². The molecule has 1 saturated heterocycles. The van der Waals surface area contributed by atoms with Crippen LogP contribution in [0.2, 0.25) is 0 Å². The number of carbonyl (C=O) groups is 1. The van der Waals surface area contributed by atoms with Crippen molar-refractivity contribution in [3.8, 4) is 0 Å². The van der Waals surface area contributed by atoms with E-state index in [1.54, 1.807) is 29.2 Å². The van der Waals surface area contributed by atoms with Gasteiger partial charge in [-0.3, -0.25) is 9.18 Å². The lowest BCUT2D eigenvalue weighted by Gasteiger charge is -2.37. The molecule has 4 heteroatoms. The molecule has 1 heterocycles. The Morgan fingerprint density at radius 3 is 2.43 bits per heavy atom. The summed E-state index contributed by atoms with van der Waals surface area (Å²) < 4.78 is 26.6. The molecule has 23 heavy (non-hydrogen) atoms. The Balaban J connectivity index is 1.74. The number of hydrogen-bond donors (Lipinski definition) is 0. The Hall–Kier alpha value is -2.23. The molecule has 2 aromatic rings. The fraction of sp³-hybridized carbons (Fsp3) is 0.316. The summed E-state index contributed by atoms with van der Waals surface area (Å²) in [6, 6.07) is 15.3. The quantitative estimate of drug-likeness (QED) is 0.837. The summed E-state index contributed by atoms with van der Waals surface area (Å²) in [5.41, 5.74) is 1.58. The molecule has 0 saturated carbocycles. The topological polar surface area (TPSA) is 20.3 Å². The highest BCUT2D eigenvalue weighted by molar-refractivity contribution is 5.94. The molecule has 2 nitrogen and oxygen atoms in total. The van der Waals surface area contributed by atoms with Crippen molar-refractivity contribution < 1.29 is 13.6 Å². The standard InChI is InChI=1S/C19H19F2NO/c20-12-16-13-22(19(23)15-4-2-1-3-5-15)11-10-18(16)14-6-8-17(21)9-7-14/h1-9,16,18H,10-13H2. The largest absolute Gasteiger partial charge is 0.338 e. The minimum atomic E-state index is -0.486. The number of hydrogen-bond acceptors (Lipinski definition) is 1. The maximum absolute atomic E-state index is 13.5. The highest BCUT2D eigenvalue weighted by Crippen LogP contribution is 2.34. The van der Waals surface area contributed by atoms with Crippen molar-refractivity contribution in [3.05, 3.63) is 71.5 Å². The summed E-state index contributed by atoms with van der Waals surface area (Å²) in [5, 5.41) is 0. The number of piperidine rings is 1. The van der Waals surface area contributed by atoms with Gasteiger partial charge in [-0.2, -0.15) is 0 Å². The number of likely N-dealkylation sites (tertiary alicyclic amines) is 1. The molecule has 2 aromatic carbocycles. The van der Waals surface area contributed by atoms with Gasteiger partial charge in [0.15, 0.2) is 0 Å². The van der Waals surface area contributed by atoms with Gasteiger partial charge in [0, 0.05) is 24.6 Å². The van der Waals surface area contributed by atoms with Gasteiger partial charge in [-0.1, -0.05) is 30.3 Å². The average Bonchev–Trinajstić information content (AvgIpc) is 2.62. The SMILES string of the molecule is O=C(c1ccccc1)N1CCC(c2ccc(F)cc2)C(CF)C1. The Morgan fingerprint density at radius 2 is 1.78 bits per heavy atom. The first-order chi connectivity index (χ1) is 11.2. The Labute approximate surface area is 134 Å². The Morgan fingerprint density at radius 1 is 1.09 bits per heavy atom. The van der Waals surface area contributed by atoms with Crippen LogP contribution in [0.25, 0.3) is 0 Å². The zero-order chi connectivity index (χ0) is 16.2. The van der Waals surface area contributed by atoms with Crippen molar-refractivity contribution in [3.63, 3.8) is 0 Å². The van der Waals surface area contributed by atoms with Crippen molar-refractivity contribution >= 4 is 5.91 Å². The zero-order valence-corrected chi connectivity index (χ0v) is 12.8. The Bertz CT molecular complexity index is 657. The molecule has 2 unspecified atom stereocenters. The third kappa shape index (κ3) is 3.41. The molecule has 0 aromatic heterocycles. The molecule has 1 aliphatic rings. The van der Waals surface area contributed by atoms with Crippen molar-refractivity contribution in [1.29, 1.82) is 0 Å². The minimum Gasteiger partial charge on any atom is -0.338 e. The zero-order valence-electron chi connectivity index (χ0n) is 12.8. The normalized spacial score (nSPS) is 21.2. The first-order valence-electron chi connectivity index (χ1n) is 7.85. The number of alkyl halides is 1. The molecule has 120 valence electrons. The first kappa shape index (κ1) is 15.7. The van der Waals surface area contributed by atoms with Gasteiger partial charge in [0.05, 0.1) is 6.67 Å². The van der Waals surface area contributed by atoms with Gasteiger partial charge in [-0.05, 0) is 42.2 Å². The average molecular weight is 315 g/mol. The van der Waals surface area contributed by atoms with Gasteiger partial charge in [-0.15, -0.1) is 0 Å². The van der Waals surface area contributed by atoms with Crippen LogP contribution in [-0.2, 0) is 0 Å². The molecule has 2 atom stereocenters. The summed E-state index contributed by atoms with van der Waals surface area (Å²) in [4.78, 5) is 14.2. The second-order valence-electron chi connectivity index (χ2n) is 5.98. The molecular formula is C19H19F2NO. The van der Waals surface area contributed by atoms with Gasteiger partial charge in [-0.25, -0.2) is 4.39 Å². The molecule has 0 spiro atoms. The van der Waals surface area contributed by atoms with Crippen molar-refractivity contribution in [2.45, 2.75) is 12.3 Å². The highest BCUT2D eigenvalue weighted by atomic mass is 19.1. The molecule has 0 aliphatic carbocycles. The van der Waals surface area contributed by atoms with Crippen LogP contribution in [0.5, 0.6) is 0 Å². The molecule has 1 aliphatic heterocycles. The highest BCUT2D eigenvalue weighted by Gasteiger charge is 2.32. The molecule has 3 rings (SSSR count). The van der Waals surface area contributed by atoms with Crippen molar-refractivity contribution in [2.24, 2.45) is 5.92 Å². The number of carbonyl (C=O) groups excluding carboxylic acids is 1. The third-order valence-electron chi connectivity index (χ3n) is 4.54. The number of rotatable bonds is 3. The van der Waals surface area contributed by atoms with Crippen LogP contribution in [0.1, 0.15) is 28.3 Å². The lowest BCUT2D eigenvalue weighted by atomic mass is 9.81. The first-order valence-corrected chi connectivity index (χ1v) is 7.85. The van der Waals surface area contributed by atoms with Crippen molar-refractivity contribution in [2.75, 3.05) is 19.8 Å². The lowest BCUT2D eigenvalue weighted by molar-refractivity contribution is 0.0626. The van der Waals surface area contributed by atoms with Crippen LogP contribution < -0.4 is 0 Å². The van der Waals surface area contributed by atoms with E-state index in [9.17, 15) is 13.6 Å². The predicted molar refractivity (Wildman–Crippen MR) is 85.6 cm³/mol. The molecule has 1 fully saturated rings. The lowest BCUT2D eigenvalue weighted by Crippen LogP contribution is -2.43. The summed E-state index contributed by atoms with van der Waals surface area (Å²) in [6.07, 6.45) is 0.693. The van der Waals surface area contributed by atoms with E-state index in [1.165, 1.54) is 12.1 Å². The van der Waals surface area contributed by atoms with E-state index in [4.69, 9.17) is 0 Å². The van der Waals surface area contributed by atoms with E-state index in [0.29, 0.717) is 25.1 Å². The van der Waals surface area contributed by atoms with Crippen LogP contribution in [0.3, 0.4) is 0 Å². The van der Waals surface area contributed by atoms with E-state index in [1.807, 2.05) is 18.2 Å². The monoisotopic (exact) mass is 315 g/mol. The van der Waals surface area contributed by atoms with Crippen LogP contribution in [-0.4, -0.2) is 30.6 Å². The van der Waals surface area contributed by atoms with E-state index in [2.05, 4.69) is 0 Å². The van der Waals surface area contributed by atoms with Crippen molar-refractivity contribution in [1.82, 2.24) is 4.90 Å². The van der Waals surface area contributed by atoms with Crippen LogP contribution in [0, 0.1) is 11.7 Å². The molecule has 0 bridgehead atoms. The smallest absolute Gasteiger partial charge is 0.253 e. The maximum Gasteiger partial charge on any atom is 0.253 e. The van der Waals surface area contributed by atoms with E-state index >= 15 is 0 Å². The van der Waals surface area contributed by atoms with Gasteiger partial charge in [0.1, 0.15) is 5.82 Å². The van der Waals surface area contributed by atoms with Crippen LogP contribution in [0.4, 0.5) is 8.78 Å². The number of halogens is 2. The number of amides is 1. The summed E-state index contributed by atoms with van der Waals surface area (Å²) in [5.74, 6) is -0.564. The van der Waals surface area contributed by atoms with Gasteiger partial charge < -0.3 is 4.90 Å². The van der Waals surface area contributed by atoms with Gasteiger partial charge in [0.25, 0.3) is 5.91 Å². The fourth-order valence-corrected chi connectivity index (χ4v) is 3.29. The summed E-state index contributed by atoms with van der Waals surface area (Å²) >= 11 is 0. The fourth-order valence-electron chi connectivity index (χ4n) is 3.29. The Kier molecular flexibility index (Phi) is 4.70. The predicted octanol–water partition coefficient (Wildman–Crippen LogP) is 4.04. The third-order valence-corrected chi connectivity index (χ3v) is 4.54. The summed E-state index contributed by atoms with van der Waals surface area (Å²) in [6.45, 7) is 0.499. The van der Waals surface area contributed by atoms with Crippen LogP contribution in [0.15, 0.2) is 54.6 Å².